The molecule has 0 aliphatic carbocycles. The van der Waals surface area contributed by atoms with Crippen LogP contribution < -0.4 is 16.0 Å². The van der Waals surface area contributed by atoms with Crippen LogP contribution in [0.3, 0.4) is 0 Å². The summed E-state index contributed by atoms with van der Waals surface area (Å²) in [6.45, 7) is 0.503. The maximum Gasteiger partial charge on any atom is 0.317 e. The molecule has 0 unspecified atom stereocenters. The number of carbonyl (C=O) groups excluding carboxylic acids is 2. The zero-order chi connectivity index (χ0) is 22.2. The number of aliphatic hydroxyl groups is 1. The minimum atomic E-state index is -0.279. The van der Waals surface area contributed by atoms with Gasteiger partial charge in [0.2, 0.25) is 0 Å². The van der Waals surface area contributed by atoms with Gasteiger partial charge in [0, 0.05) is 30.8 Å². The van der Waals surface area contributed by atoms with Gasteiger partial charge in [-0.2, -0.15) is 0 Å². The number of hydrogen-bond donors (Lipinski definition) is 4. The molecule has 9 nitrogen and oxygen atoms in total. The number of nitrogens with zero attached hydrogens (tertiary/aromatic N) is 2. The molecule has 4 N–H and O–H groups in total. The number of anilines is 1. The highest BCUT2D eigenvalue weighted by Gasteiger charge is 2.39. The number of aliphatic hydroxyl groups excluding tert-OH is 1. The number of imidazole rings is 1. The second-order valence-corrected chi connectivity index (χ2v) is 8.22. The summed E-state index contributed by atoms with van der Waals surface area (Å²) in [6, 6.07) is 12.4. The van der Waals surface area contributed by atoms with Crippen molar-refractivity contribution in [2.75, 3.05) is 11.9 Å². The summed E-state index contributed by atoms with van der Waals surface area (Å²) in [6.07, 6.45) is 1.63. The first-order chi connectivity index (χ1) is 15.5. The minimum absolute atomic E-state index is 0.148. The lowest BCUT2D eigenvalue weighted by Gasteiger charge is -2.41. The Bertz CT molecular complexity index is 1170. The van der Waals surface area contributed by atoms with E-state index >= 15 is 0 Å². The molecule has 0 spiro atoms. The molecule has 0 saturated carbocycles. The molecule has 0 radical (unpaired) electrons. The van der Waals surface area contributed by atoms with E-state index < -0.39 is 0 Å². The Balaban J connectivity index is 1.32. The van der Waals surface area contributed by atoms with Crippen LogP contribution in [0.2, 0.25) is 0 Å². The highest BCUT2D eigenvalue weighted by atomic mass is 16.5. The van der Waals surface area contributed by atoms with Gasteiger partial charge in [0.25, 0.3) is 5.91 Å². The van der Waals surface area contributed by atoms with Crippen molar-refractivity contribution in [2.24, 2.45) is 13.0 Å². The summed E-state index contributed by atoms with van der Waals surface area (Å²) in [4.78, 5) is 29.2. The number of nitrogens with one attached hydrogen (secondary N) is 3. The highest BCUT2D eigenvalue weighted by molar-refractivity contribution is 6.05. The Kier molecular flexibility index (Phi) is 5.28. The standard InChI is InChI=1S/C23H25N5O4/c1-28-18-9-8-15(11-17(18)25-19(28)12-29)24-21(30)14-6-4-13(5-7-14)20-16-3-2-10-32-22(16)27-23(31)26-20/h4-9,11,16,20,22,29H,2-3,10,12H2,1H3,(H,24,30)(H2,26,27,31)/t16-,20-,22-/m0/s1. The van der Waals surface area contributed by atoms with E-state index in [9.17, 15) is 14.7 Å². The molecule has 5 rings (SSSR count). The Morgan fingerprint density at radius 1 is 1.25 bits per heavy atom. The third-order valence-corrected chi connectivity index (χ3v) is 6.26. The molecular formula is C23H25N5O4. The number of ether oxygens (including phenoxy) is 1. The third-order valence-electron chi connectivity index (χ3n) is 6.26. The van der Waals surface area contributed by atoms with Crippen LogP contribution in [-0.2, 0) is 18.4 Å². The van der Waals surface area contributed by atoms with Crippen molar-refractivity contribution in [2.45, 2.75) is 31.7 Å². The van der Waals surface area contributed by atoms with Crippen LogP contribution in [0.1, 0.15) is 40.6 Å². The van der Waals surface area contributed by atoms with Crippen molar-refractivity contribution in [1.29, 1.82) is 0 Å². The SMILES string of the molecule is Cn1c(CO)nc2cc(NC(=O)c3ccc([C@@H]4NC(=O)N[C@H]5OCCC[C@H]54)cc3)ccc21. The molecule has 2 aliphatic rings. The van der Waals surface area contributed by atoms with Gasteiger partial charge in [0.15, 0.2) is 0 Å². The number of aromatic nitrogens is 2. The zero-order valence-corrected chi connectivity index (χ0v) is 17.7. The van der Waals surface area contributed by atoms with Crippen LogP contribution >= 0.6 is 0 Å². The van der Waals surface area contributed by atoms with Crippen LogP contribution in [0.15, 0.2) is 42.5 Å². The van der Waals surface area contributed by atoms with Gasteiger partial charge in [-0.05, 0) is 48.7 Å². The maximum atomic E-state index is 12.8. The Morgan fingerprint density at radius 2 is 2.06 bits per heavy atom. The summed E-state index contributed by atoms with van der Waals surface area (Å²) >= 11 is 0. The van der Waals surface area contributed by atoms with Crippen molar-refractivity contribution in [1.82, 2.24) is 20.2 Å². The van der Waals surface area contributed by atoms with Crippen molar-refractivity contribution >= 4 is 28.7 Å². The van der Waals surface area contributed by atoms with E-state index in [0.29, 0.717) is 29.2 Å². The van der Waals surface area contributed by atoms with E-state index in [0.717, 1.165) is 23.9 Å². The van der Waals surface area contributed by atoms with E-state index in [1.165, 1.54) is 0 Å². The van der Waals surface area contributed by atoms with Gasteiger partial charge < -0.3 is 30.4 Å². The smallest absolute Gasteiger partial charge is 0.317 e. The largest absolute Gasteiger partial charge is 0.388 e. The average Bonchev–Trinajstić information content (AvgIpc) is 3.13. The first-order valence-corrected chi connectivity index (χ1v) is 10.7. The van der Waals surface area contributed by atoms with Crippen LogP contribution in [0.25, 0.3) is 11.0 Å². The molecule has 2 aliphatic heterocycles. The maximum absolute atomic E-state index is 12.8. The molecule has 166 valence electrons. The van der Waals surface area contributed by atoms with Crippen LogP contribution in [0, 0.1) is 5.92 Å². The van der Waals surface area contributed by atoms with E-state index in [-0.39, 0.29) is 36.7 Å². The number of hydrogen-bond acceptors (Lipinski definition) is 5. The average molecular weight is 435 g/mol. The number of benzene rings is 2. The lowest BCUT2D eigenvalue weighted by molar-refractivity contribution is -0.0602. The molecule has 9 heteroatoms. The number of carbonyl (C=O) groups is 2. The minimum Gasteiger partial charge on any atom is -0.388 e. The van der Waals surface area contributed by atoms with Gasteiger partial charge in [-0.3, -0.25) is 4.79 Å². The van der Waals surface area contributed by atoms with Crippen LogP contribution in [0.5, 0.6) is 0 Å². The normalized spacial score (nSPS) is 22.7. The van der Waals surface area contributed by atoms with Crippen molar-refractivity contribution in [3.63, 3.8) is 0 Å². The topological polar surface area (TPSA) is 118 Å². The van der Waals surface area contributed by atoms with Gasteiger partial charge in [0.05, 0.1) is 17.1 Å². The molecule has 3 aromatic rings. The first-order valence-electron chi connectivity index (χ1n) is 10.7. The van der Waals surface area contributed by atoms with Crippen molar-refractivity contribution in [3.8, 4) is 0 Å². The molecule has 3 heterocycles. The monoisotopic (exact) mass is 435 g/mol. The first kappa shape index (κ1) is 20.5. The van der Waals surface area contributed by atoms with E-state index in [4.69, 9.17) is 4.74 Å². The molecule has 1 aromatic heterocycles. The predicted octanol–water partition coefficient (Wildman–Crippen LogP) is 2.42. The summed E-state index contributed by atoms with van der Waals surface area (Å²) in [5.74, 6) is 0.479. The summed E-state index contributed by atoms with van der Waals surface area (Å²) in [7, 11) is 1.84. The van der Waals surface area contributed by atoms with Gasteiger partial charge in [-0.25, -0.2) is 9.78 Å². The van der Waals surface area contributed by atoms with Gasteiger partial charge >= 0.3 is 6.03 Å². The van der Waals surface area contributed by atoms with Gasteiger partial charge in [-0.15, -0.1) is 0 Å². The number of aryl methyl sites for hydroxylation is 1. The number of amides is 3. The van der Waals surface area contributed by atoms with Crippen molar-refractivity contribution in [3.05, 3.63) is 59.4 Å². The van der Waals surface area contributed by atoms with Gasteiger partial charge in [0.1, 0.15) is 18.7 Å². The summed E-state index contributed by atoms with van der Waals surface area (Å²) in [5.41, 5.74) is 3.67. The Hall–Kier alpha value is -3.43. The predicted molar refractivity (Wildman–Crippen MR) is 118 cm³/mol. The lowest BCUT2D eigenvalue weighted by Crippen LogP contribution is -2.58. The molecule has 3 amide bonds. The fourth-order valence-electron chi connectivity index (χ4n) is 4.56. The number of urea groups is 1. The van der Waals surface area contributed by atoms with E-state index in [1.54, 1.807) is 18.2 Å². The van der Waals surface area contributed by atoms with Crippen LogP contribution in [0.4, 0.5) is 10.5 Å². The summed E-state index contributed by atoms with van der Waals surface area (Å²) < 4.78 is 7.54. The number of fused-ring (bicyclic) bond motifs is 2. The summed E-state index contributed by atoms with van der Waals surface area (Å²) in [5, 5.41) is 18.1. The second kappa shape index (κ2) is 8.25. The Morgan fingerprint density at radius 3 is 2.84 bits per heavy atom. The zero-order valence-electron chi connectivity index (χ0n) is 17.7. The fourth-order valence-corrected chi connectivity index (χ4v) is 4.56. The molecule has 2 saturated heterocycles. The molecule has 3 atom stereocenters. The van der Waals surface area contributed by atoms with E-state index in [1.807, 2.05) is 35.9 Å². The molecule has 2 fully saturated rings. The lowest BCUT2D eigenvalue weighted by atomic mass is 9.85. The Labute approximate surface area is 184 Å². The van der Waals surface area contributed by atoms with Gasteiger partial charge in [-0.1, -0.05) is 12.1 Å². The van der Waals surface area contributed by atoms with Crippen molar-refractivity contribution < 1.29 is 19.4 Å². The highest BCUT2D eigenvalue weighted by Crippen LogP contribution is 2.34. The number of rotatable bonds is 4. The molecule has 32 heavy (non-hydrogen) atoms. The quantitative estimate of drug-likeness (QED) is 0.502. The van der Waals surface area contributed by atoms with E-state index in [2.05, 4.69) is 20.9 Å². The second-order valence-electron chi connectivity index (χ2n) is 8.22. The fraction of sp³-hybridized carbons (Fsp3) is 0.348. The molecule has 0 bridgehead atoms. The molecule has 2 aromatic carbocycles. The molecular weight excluding hydrogens is 410 g/mol. The van der Waals surface area contributed by atoms with Crippen LogP contribution in [-0.4, -0.2) is 39.4 Å². The third kappa shape index (κ3) is 3.69.